The highest BCUT2D eigenvalue weighted by Crippen LogP contribution is 2.26. The van der Waals surface area contributed by atoms with E-state index in [2.05, 4.69) is 15.3 Å². The Balaban J connectivity index is 2.28. The summed E-state index contributed by atoms with van der Waals surface area (Å²) in [5, 5.41) is 3.08. The molecule has 0 unspecified atom stereocenters. The van der Waals surface area contributed by atoms with Crippen molar-refractivity contribution in [3.8, 4) is 0 Å². The Morgan fingerprint density at radius 2 is 2.24 bits per heavy atom. The maximum Gasteiger partial charge on any atom is 0.331 e. The smallest absolute Gasteiger partial charge is 0.304 e. The van der Waals surface area contributed by atoms with E-state index in [1.807, 2.05) is 0 Å². The molecular weight excluding hydrogens is 263 g/mol. The molecular formula is C10H8Cl2N4O. The van der Waals surface area contributed by atoms with E-state index < -0.39 is 0 Å². The van der Waals surface area contributed by atoms with Crippen LogP contribution in [0.1, 0.15) is 5.56 Å². The number of halogens is 2. The number of nitrogens with one attached hydrogen (secondary N) is 1. The molecule has 1 amide bonds. The van der Waals surface area contributed by atoms with Crippen LogP contribution in [-0.2, 0) is 0 Å². The van der Waals surface area contributed by atoms with E-state index in [4.69, 9.17) is 23.2 Å². The molecule has 88 valence electrons. The third-order valence-corrected chi connectivity index (χ3v) is 2.58. The summed E-state index contributed by atoms with van der Waals surface area (Å²) in [4.78, 5) is 19.4. The topological polar surface area (TPSA) is 59.8 Å². The molecule has 2 rings (SSSR count). The van der Waals surface area contributed by atoms with Crippen LogP contribution in [0.15, 0.2) is 24.8 Å². The number of hydrogen-bond acceptors (Lipinski definition) is 3. The molecule has 5 nitrogen and oxygen atoms in total. The number of rotatable bonds is 1. The van der Waals surface area contributed by atoms with Gasteiger partial charge in [0.15, 0.2) is 5.15 Å². The van der Waals surface area contributed by atoms with Gasteiger partial charge in [-0.3, -0.25) is 4.57 Å². The van der Waals surface area contributed by atoms with Crippen molar-refractivity contribution < 1.29 is 4.79 Å². The van der Waals surface area contributed by atoms with Gasteiger partial charge in [0.2, 0.25) is 0 Å². The third-order valence-electron chi connectivity index (χ3n) is 2.11. The first-order chi connectivity index (χ1) is 8.08. The van der Waals surface area contributed by atoms with Crippen molar-refractivity contribution in [2.24, 2.45) is 0 Å². The minimum absolute atomic E-state index is 0.156. The number of carbonyl (C=O) groups is 1. The summed E-state index contributed by atoms with van der Waals surface area (Å²) in [5.74, 6) is 0. The Bertz CT molecular complexity index is 530. The van der Waals surface area contributed by atoms with Gasteiger partial charge in [-0.25, -0.2) is 14.8 Å². The van der Waals surface area contributed by atoms with Crippen molar-refractivity contribution in [2.75, 3.05) is 5.32 Å². The van der Waals surface area contributed by atoms with Gasteiger partial charge < -0.3 is 5.32 Å². The Morgan fingerprint density at radius 3 is 2.82 bits per heavy atom. The third kappa shape index (κ3) is 2.57. The van der Waals surface area contributed by atoms with Gasteiger partial charge in [-0.15, -0.1) is 0 Å². The molecule has 2 heterocycles. The lowest BCUT2D eigenvalue weighted by Gasteiger charge is -2.10. The molecule has 0 saturated carbocycles. The summed E-state index contributed by atoms with van der Waals surface area (Å²) in [5.41, 5.74) is 1.18. The molecule has 2 aromatic rings. The van der Waals surface area contributed by atoms with Gasteiger partial charge in [-0.05, 0) is 18.6 Å². The highest BCUT2D eigenvalue weighted by atomic mass is 35.5. The molecule has 0 aliphatic rings. The normalized spacial score (nSPS) is 10.3. The molecule has 0 aromatic carbocycles. The lowest BCUT2D eigenvalue weighted by Crippen LogP contribution is -2.18. The van der Waals surface area contributed by atoms with Gasteiger partial charge in [0.25, 0.3) is 0 Å². The summed E-state index contributed by atoms with van der Waals surface area (Å²) in [7, 11) is 0. The van der Waals surface area contributed by atoms with Crippen molar-refractivity contribution in [3.63, 3.8) is 0 Å². The van der Waals surface area contributed by atoms with Crippen LogP contribution < -0.4 is 5.32 Å². The number of aromatic nitrogens is 3. The molecule has 0 atom stereocenters. The summed E-state index contributed by atoms with van der Waals surface area (Å²) in [6, 6.07) is 1.26. The van der Waals surface area contributed by atoms with E-state index in [1.54, 1.807) is 13.0 Å². The van der Waals surface area contributed by atoms with Gasteiger partial charge in [0.05, 0.1) is 5.69 Å². The molecule has 0 saturated heterocycles. The van der Waals surface area contributed by atoms with Gasteiger partial charge in [0, 0.05) is 12.4 Å². The number of amides is 1. The first-order valence-corrected chi connectivity index (χ1v) is 5.45. The minimum Gasteiger partial charge on any atom is -0.304 e. The Labute approximate surface area is 107 Å². The second-order valence-corrected chi connectivity index (χ2v) is 4.07. The number of hydrogen-bond donors (Lipinski definition) is 1. The van der Waals surface area contributed by atoms with Crippen LogP contribution in [0.5, 0.6) is 0 Å². The van der Waals surface area contributed by atoms with Crippen molar-refractivity contribution >= 4 is 34.9 Å². The Morgan fingerprint density at radius 1 is 1.47 bits per heavy atom. The summed E-state index contributed by atoms with van der Waals surface area (Å²) in [6.45, 7) is 1.78. The molecule has 7 heteroatoms. The fraction of sp³-hybridized carbons (Fsp3) is 0.100. The zero-order valence-corrected chi connectivity index (χ0v) is 10.3. The van der Waals surface area contributed by atoms with Gasteiger partial charge in [-0.1, -0.05) is 23.2 Å². The average molecular weight is 271 g/mol. The monoisotopic (exact) mass is 270 g/mol. The Kier molecular flexibility index (Phi) is 3.31. The number of nitrogens with zero attached hydrogens (tertiary/aromatic N) is 3. The highest BCUT2D eigenvalue weighted by Gasteiger charge is 2.11. The molecule has 0 spiro atoms. The van der Waals surface area contributed by atoms with E-state index in [1.165, 1.54) is 23.3 Å². The summed E-state index contributed by atoms with van der Waals surface area (Å²) in [6.07, 6.45) is 4.43. The maximum absolute atomic E-state index is 11.8. The van der Waals surface area contributed by atoms with Crippen molar-refractivity contribution in [1.82, 2.24) is 14.5 Å². The SMILES string of the molecule is Cc1cc(Cl)nc(Cl)c1NC(=O)n1ccnc1. The van der Waals surface area contributed by atoms with Crippen LogP contribution in [0.2, 0.25) is 10.3 Å². The number of pyridine rings is 1. The lowest BCUT2D eigenvalue weighted by atomic mass is 10.2. The highest BCUT2D eigenvalue weighted by molar-refractivity contribution is 6.34. The molecule has 0 aliphatic heterocycles. The maximum atomic E-state index is 11.8. The zero-order chi connectivity index (χ0) is 12.4. The van der Waals surface area contributed by atoms with Gasteiger partial charge in [0.1, 0.15) is 11.5 Å². The number of aryl methyl sites for hydroxylation is 1. The molecule has 0 radical (unpaired) electrons. The fourth-order valence-corrected chi connectivity index (χ4v) is 1.88. The van der Waals surface area contributed by atoms with Crippen LogP contribution >= 0.6 is 23.2 Å². The summed E-state index contributed by atoms with van der Waals surface area (Å²) < 4.78 is 1.30. The molecule has 2 aromatic heterocycles. The van der Waals surface area contributed by atoms with Crippen LogP contribution in [0.25, 0.3) is 0 Å². The number of carbonyl (C=O) groups excluding carboxylic acids is 1. The summed E-state index contributed by atoms with van der Waals surface area (Å²) >= 11 is 11.6. The first kappa shape index (κ1) is 11.9. The van der Waals surface area contributed by atoms with E-state index in [0.717, 1.165) is 5.56 Å². The number of imidazole rings is 1. The van der Waals surface area contributed by atoms with Crippen LogP contribution in [0.4, 0.5) is 10.5 Å². The van der Waals surface area contributed by atoms with Crippen molar-refractivity contribution in [3.05, 3.63) is 40.7 Å². The average Bonchev–Trinajstić information content (AvgIpc) is 2.76. The standard InChI is InChI=1S/C10H8Cl2N4O/c1-6-4-7(11)14-9(12)8(6)15-10(17)16-3-2-13-5-16/h2-5H,1H3,(H,15,17). The minimum atomic E-state index is -0.364. The van der Waals surface area contributed by atoms with Gasteiger partial charge >= 0.3 is 6.03 Å². The van der Waals surface area contributed by atoms with E-state index >= 15 is 0 Å². The van der Waals surface area contributed by atoms with Crippen LogP contribution in [0, 0.1) is 6.92 Å². The fourth-order valence-electron chi connectivity index (χ4n) is 1.30. The van der Waals surface area contributed by atoms with Crippen LogP contribution in [-0.4, -0.2) is 20.6 Å². The molecule has 0 fully saturated rings. The molecule has 0 bridgehead atoms. The van der Waals surface area contributed by atoms with E-state index in [-0.39, 0.29) is 16.3 Å². The molecule has 0 aliphatic carbocycles. The largest absolute Gasteiger partial charge is 0.331 e. The van der Waals surface area contributed by atoms with Crippen molar-refractivity contribution in [1.29, 1.82) is 0 Å². The lowest BCUT2D eigenvalue weighted by molar-refractivity contribution is 0.253. The quantitative estimate of drug-likeness (QED) is 0.811. The second kappa shape index (κ2) is 4.73. The molecule has 1 N–H and O–H groups in total. The first-order valence-electron chi connectivity index (χ1n) is 4.70. The van der Waals surface area contributed by atoms with Crippen LogP contribution in [0.3, 0.4) is 0 Å². The van der Waals surface area contributed by atoms with Gasteiger partial charge in [-0.2, -0.15) is 0 Å². The zero-order valence-electron chi connectivity index (χ0n) is 8.82. The Hall–Kier alpha value is -1.59. The van der Waals surface area contributed by atoms with E-state index in [9.17, 15) is 4.79 Å². The predicted octanol–water partition coefficient (Wildman–Crippen LogP) is 2.97. The second-order valence-electron chi connectivity index (χ2n) is 3.33. The molecule has 17 heavy (non-hydrogen) atoms. The number of anilines is 1. The van der Waals surface area contributed by atoms with E-state index in [0.29, 0.717) is 5.69 Å². The van der Waals surface area contributed by atoms with Crippen molar-refractivity contribution in [2.45, 2.75) is 6.92 Å². The predicted molar refractivity (Wildman–Crippen MR) is 65.6 cm³/mol.